The summed E-state index contributed by atoms with van der Waals surface area (Å²) in [5, 5.41) is 0. The molecule has 1 saturated carbocycles. The third-order valence-electron chi connectivity index (χ3n) is 6.31. The van der Waals surface area contributed by atoms with Crippen LogP contribution in [0.4, 0.5) is 0 Å². The zero-order valence-electron chi connectivity index (χ0n) is 15.8. The van der Waals surface area contributed by atoms with E-state index in [1.807, 2.05) is 36.1 Å². The van der Waals surface area contributed by atoms with E-state index in [0.717, 1.165) is 42.0 Å². The highest BCUT2D eigenvalue weighted by molar-refractivity contribution is 5.94. The number of hydrogen-bond donors (Lipinski definition) is 0. The summed E-state index contributed by atoms with van der Waals surface area (Å²) in [6.45, 7) is 4.66. The highest BCUT2D eigenvalue weighted by atomic mass is 16.6. The van der Waals surface area contributed by atoms with Gasteiger partial charge in [-0.2, -0.15) is 0 Å². The van der Waals surface area contributed by atoms with Crippen molar-refractivity contribution in [3.05, 3.63) is 58.7 Å². The standard InChI is InChI=1S/C23H25NO3/c1-16-5-4-6-17(11-16)22(25)24-14-18-12-20-21(27-10-9-26-20)13-19(18)23(15-24)7-2-3-8-23/h4-6,11-13H,2-3,7-10,14-15H2,1H3. The molecule has 4 nitrogen and oxygen atoms in total. The first-order chi connectivity index (χ1) is 13.1. The molecule has 27 heavy (non-hydrogen) atoms. The van der Waals surface area contributed by atoms with Gasteiger partial charge in [-0.05, 0) is 55.2 Å². The van der Waals surface area contributed by atoms with Crippen molar-refractivity contribution in [2.24, 2.45) is 0 Å². The predicted octanol–water partition coefficient (Wildman–Crippen LogP) is 4.23. The molecule has 0 bridgehead atoms. The SMILES string of the molecule is Cc1cccc(C(=O)N2Cc3cc4c(cc3C3(CCCC3)C2)OCCO4)c1. The quantitative estimate of drug-likeness (QED) is 0.761. The van der Waals surface area contributed by atoms with Crippen molar-refractivity contribution in [2.75, 3.05) is 19.8 Å². The number of amides is 1. The van der Waals surface area contributed by atoms with E-state index >= 15 is 0 Å². The van der Waals surface area contributed by atoms with Gasteiger partial charge in [0.2, 0.25) is 0 Å². The average molecular weight is 363 g/mol. The lowest BCUT2D eigenvalue weighted by molar-refractivity contribution is 0.0669. The van der Waals surface area contributed by atoms with Crippen LogP contribution in [0.25, 0.3) is 0 Å². The Bertz CT molecular complexity index is 898. The van der Waals surface area contributed by atoms with Crippen molar-refractivity contribution in [1.82, 2.24) is 4.90 Å². The molecule has 2 aromatic carbocycles. The second-order valence-corrected chi connectivity index (χ2v) is 8.17. The van der Waals surface area contributed by atoms with Gasteiger partial charge < -0.3 is 14.4 Å². The topological polar surface area (TPSA) is 38.8 Å². The Balaban J connectivity index is 1.55. The molecule has 0 aromatic heterocycles. The van der Waals surface area contributed by atoms with Gasteiger partial charge in [0.25, 0.3) is 5.91 Å². The molecule has 0 saturated heterocycles. The summed E-state index contributed by atoms with van der Waals surface area (Å²) in [4.78, 5) is 15.3. The summed E-state index contributed by atoms with van der Waals surface area (Å²) in [6.07, 6.45) is 4.72. The fourth-order valence-electron chi connectivity index (χ4n) is 5.05. The van der Waals surface area contributed by atoms with Crippen molar-refractivity contribution < 1.29 is 14.3 Å². The van der Waals surface area contributed by atoms with Crippen LogP contribution in [0.3, 0.4) is 0 Å². The third kappa shape index (κ3) is 2.78. The molecule has 2 aliphatic heterocycles. The fraction of sp³-hybridized carbons (Fsp3) is 0.435. The molecule has 5 rings (SSSR count). The van der Waals surface area contributed by atoms with Crippen molar-refractivity contribution in [2.45, 2.75) is 44.6 Å². The fourth-order valence-corrected chi connectivity index (χ4v) is 5.05. The zero-order chi connectivity index (χ0) is 18.4. The largest absolute Gasteiger partial charge is 0.486 e. The molecular formula is C23H25NO3. The first kappa shape index (κ1) is 16.7. The maximum Gasteiger partial charge on any atom is 0.254 e. The third-order valence-corrected chi connectivity index (χ3v) is 6.31. The smallest absolute Gasteiger partial charge is 0.254 e. The molecule has 0 N–H and O–H groups in total. The molecule has 1 aliphatic carbocycles. The minimum absolute atomic E-state index is 0.0584. The number of fused-ring (bicyclic) bond motifs is 3. The average Bonchev–Trinajstić information content (AvgIpc) is 3.15. The molecule has 1 spiro atoms. The highest BCUT2D eigenvalue weighted by Crippen LogP contribution is 2.49. The minimum atomic E-state index is 0.0584. The number of aryl methyl sites for hydroxylation is 1. The number of nitrogens with zero attached hydrogens (tertiary/aromatic N) is 1. The lowest BCUT2D eigenvalue weighted by Crippen LogP contribution is -2.46. The maximum atomic E-state index is 13.3. The van der Waals surface area contributed by atoms with Crippen molar-refractivity contribution in [1.29, 1.82) is 0 Å². The molecule has 0 atom stereocenters. The van der Waals surface area contributed by atoms with E-state index in [0.29, 0.717) is 19.8 Å². The van der Waals surface area contributed by atoms with E-state index < -0.39 is 0 Å². The Morgan fingerprint density at radius 1 is 1.04 bits per heavy atom. The Morgan fingerprint density at radius 3 is 2.52 bits per heavy atom. The molecule has 2 heterocycles. The summed E-state index contributed by atoms with van der Waals surface area (Å²) >= 11 is 0. The Kier molecular flexibility index (Phi) is 3.88. The van der Waals surface area contributed by atoms with E-state index in [2.05, 4.69) is 12.1 Å². The van der Waals surface area contributed by atoms with Crippen molar-refractivity contribution >= 4 is 5.91 Å². The van der Waals surface area contributed by atoms with Crippen LogP contribution in [0.1, 0.15) is 52.7 Å². The Morgan fingerprint density at radius 2 is 1.78 bits per heavy atom. The molecule has 4 heteroatoms. The molecule has 0 unspecified atom stereocenters. The van der Waals surface area contributed by atoms with E-state index in [1.165, 1.54) is 24.0 Å². The van der Waals surface area contributed by atoms with Gasteiger partial charge in [-0.25, -0.2) is 0 Å². The van der Waals surface area contributed by atoms with Crippen LogP contribution in [0.2, 0.25) is 0 Å². The number of carbonyl (C=O) groups excluding carboxylic acids is 1. The van der Waals surface area contributed by atoms with Crippen LogP contribution in [0.5, 0.6) is 11.5 Å². The normalized spacial score (nSPS) is 19.8. The van der Waals surface area contributed by atoms with Gasteiger partial charge in [0.15, 0.2) is 11.5 Å². The summed E-state index contributed by atoms with van der Waals surface area (Å²) < 4.78 is 11.7. The zero-order valence-corrected chi connectivity index (χ0v) is 15.8. The van der Waals surface area contributed by atoms with Gasteiger partial charge in [0, 0.05) is 24.1 Å². The van der Waals surface area contributed by atoms with Crippen LogP contribution >= 0.6 is 0 Å². The lowest BCUT2D eigenvalue weighted by atomic mass is 9.73. The van der Waals surface area contributed by atoms with Gasteiger partial charge >= 0.3 is 0 Å². The monoisotopic (exact) mass is 363 g/mol. The number of ether oxygens (including phenoxy) is 2. The summed E-state index contributed by atoms with van der Waals surface area (Å²) in [7, 11) is 0. The van der Waals surface area contributed by atoms with E-state index in [4.69, 9.17) is 9.47 Å². The van der Waals surface area contributed by atoms with Crippen LogP contribution in [-0.4, -0.2) is 30.6 Å². The molecule has 3 aliphatic rings. The number of rotatable bonds is 1. The van der Waals surface area contributed by atoms with Gasteiger partial charge in [-0.15, -0.1) is 0 Å². The summed E-state index contributed by atoms with van der Waals surface area (Å²) in [6, 6.07) is 12.2. The van der Waals surface area contributed by atoms with Gasteiger partial charge in [-0.1, -0.05) is 30.5 Å². The number of carbonyl (C=O) groups is 1. The second-order valence-electron chi connectivity index (χ2n) is 8.17. The number of benzene rings is 2. The molecular weight excluding hydrogens is 338 g/mol. The van der Waals surface area contributed by atoms with E-state index in [-0.39, 0.29) is 11.3 Å². The van der Waals surface area contributed by atoms with E-state index in [9.17, 15) is 4.79 Å². The van der Waals surface area contributed by atoms with E-state index in [1.54, 1.807) is 0 Å². The minimum Gasteiger partial charge on any atom is -0.486 e. The second kappa shape index (κ2) is 6.29. The first-order valence-electron chi connectivity index (χ1n) is 9.94. The molecule has 140 valence electrons. The maximum absolute atomic E-state index is 13.3. The van der Waals surface area contributed by atoms with Gasteiger partial charge in [-0.3, -0.25) is 4.79 Å². The molecule has 0 radical (unpaired) electrons. The summed E-state index contributed by atoms with van der Waals surface area (Å²) in [5.41, 5.74) is 4.55. The van der Waals surface area contributed by atoms with Crippen LogP contribution in [-0.2, 0) is 12.0 Å². The van der Waals surface area contributed by atoms with Crippen LogP contribution < -0.4 is 9.47 Å². The molecule has 1 fully saturated rings. The molecule has 1 amide bonds. The van der Waals surface area contributed by atoms with Gasteiger partial charge in [0.1, 0.15) is 13.2 Å². The highest BCUT2D eigenvalue weighted by Gasteiger charge is 2.44. The predicted molar refractivity (Wildman–Crippen MR) is 103 cm³/mol. The molecule has 2 aromatic rings. The van der Waals surface area contributed by atoms with Gasteiger partial charge in [0.05, 0.1) is 0 Å². The number of hydrogen-bond acceptors (Lipinski definition) is 3. The van der Waals surface area contributed by atoms with Crippen LogP contribution in [0, 0.1) is 6.92 Å². The lowest BCUT2D eigenvalue weighted by Gasteiger charge is -2.43. The Hall–Kier alpha value is -2.49. The first-order valence-corrected chi connectivity index (χ1v) is 9.94. The summed E-state index contributed by atoms with van der Waals surface area (Å²) in [5.74, 6) is 1.81. The van der Waals surface area contributed by atoms with Crippen molar-refractivity contribution in [3.8, 4) is 11.5 Å². The van der Waals surface area contributed by atoms with Crippen LogP contribution in [0.15, 0.2) is 36.4 Å². The van der Waals surface area contributed by atoms with Crippen molar-refractivity contribution in [3.63, 3.8) is 0 Å². The Labute approximate surface area is 160 Å².